The summed E-state index contributed by atoms with van der Waals surface area (Å²) in [4.78, 5) is 10.7. The predicted octanol–water partition coefficient (Wildman–Crippen LogP) is 1.47. The molecule has 5 heteroatoms. The standard InChI is InChI=1S/C12H18N4O/c13-8-4-5-11(6-8)15-9-2-1-3-10(7-9)16-12(14)17/h1-3,7-8,11,15H,4-6,13H2,(H3,14,16,17). The van der Waals surface area contributed by atoms with Gasteiger partial charge in [-0.2, -0.15) is 0 Å². The molecule has 0 saturated heterocycles. The molecule has 1 aromatic carbocycles. The highest BCUT2D eigenvalue weighted by Gasteiger charge is 2.21. The lowest BCUT2D eigenvalue weighted by atomic mass is 10.2. The largest absolute Gasteiger partial charge is 0.382 e. The number of benzene rings is 1. The number of nitrogens with one attached hydrogen (secondary N) is 2. The fourth-order valence-corrected chi connectivity index (χ4v) is 2.21. The average Bonchev–Trinajstić information content (AvgIpc) is 2.63. The maximum absolute atomic E-state index is 10.7. The number of hydrogen-bond donors (Lipinski definition) is 4. The fourth-order valence-electron chi connectivity index (χ4n) is 2.21. The van der Waals surface area contributed by atoms with E-state index >= 15 is 0 Å². The van der Waals surface area contributed by atoms with Crippen molar-refractivity contribution in [2.45, 2.75) is 31.3 Å². The minimum atomic E-state index is -0.551. The molecule has 2 rings (SSSR count). The molecule has 0 radical (unpaired) electrons. The van der Waals surface area contributed by atoms with E-state index in [1.54, 1.807) is 6.07 Å². The number of carbonyl (C=O) groups is 1. The number of carbonyl (C=O) groups excluding carboxylic acids is 1. The van der Waals surface area contributed by atoms with Gasteiger partial charge in [0.15, 0.2) is 0 Å². The van der Waals surface area contributed by atoms with E-state index in [-0.39, 0.29) is 0 Å². The lowest BCUT2D eigenvalue weighted by Gasteiger charge is -2.14. The van der Waals surface area contributed by atoms with Gasteiger partial charge in [-0.3, -0.25) is 0 Å². The summed E-state index contributed by atoms with van der Waals surface area (Å²) in [7, 11) is 0. The van der Waals surface area contributed by atoms with Gasteiger partial charge in [-0.1, -0.05) is 6.07 Å². The van der Waals surface area contributed by atoms with E-state index in [4.69, 9.17) is 11.5 Å². The van der Waals surface area contributed by atoms with Crippen LogP contribution in [0.4, 0.5) is 16.2 Å². The van der Waals surface area contributed by atoms with Gasteiger partial charge in [-0.25, -0.2) is 4.79 Å². The van der Waals surface area contributed by atoms with Crippen LogP contribution in [-0.4, -0.2) is 18.1 Å². The second-order valence-electron chi connectivity index (χ2n) is 4.48. The highest BCUT2D eigenvalue weighted by molar-refractivity contribution is 5.88. The van der Waals surface area contributed by atoms with Crippen LogP contribution >= 0.6 is 0 Å². The molecule has 1 aliphatic rings. The predicted molar refractivity (Wildman–Crippen MR) is 68.9 cm³/mol. The normalized spacial score (nSPS) is 23.4. The zero-order valence-electron chi connectivity index (χ0n) is 9.65. The highest BCUT2D eigenvalue weighted by Crippen LogP contribution is 2.23. The third-order valence-electron chi connectivity index (χ3n) is 2.97. The number of primary amides is 1. The Morgan fingerprint density at radius 1 is 1.29 bits per heavy atom. The minimum Gasteiger partial charge on any atom is -0.382 e. The highest BCUT2D eigenvalue weighted by atomic mass is 16.2. The third-order valence-corrected chi connectivity index (χ3v) is 2.97. The second kappa shape index (κ2) is 5.05. The Morgan fingerprint density at radius 3 is 2.71 bits per heavy atom. The molecule has 1 aromatic rings. The molecule has 92 valence electrons. The maximum atomic E-state index is 10.7. The first kappa shape index (κ1) is 11.7. The van der Waals surface area contributed by atoms with E-state index in [1.807, 2.05) is 18.2 Å². The van der Waals surface area contributed by atoms with Crippen molar-refractivity contribution in [3.8, 4) is 0 Å². The van der Waals surface area contributed by atoms with Gasteiger partial charge in [-0.05, 0) is 37.5 Å². The minimum absolute atomic E-state index is 0.305. The van der Waals surface area contributed by atoms with Crippen LogP contribution in [0.5, 0.6) is 0 Å². The van der Waals surface area contributed by atoms with Crippen molar-refractivity contribution in [3.63, 3.8) is 0 Å². The summed E-state index contributed by atoms with van der Waals surface area (Å²) in [6, 6.07) is 7.70. The van der Waals surface area contributed by atoms with Gasteiger partial charge < -0.3 is 22.1 Å². The van der Waals surface area contributed by atoms with Crippen LogP contribution in [0.25, 0.3) is 0 Å². The summed E-state index contributed by atoms with van der Waals surface area (Å²) in [5.41, 5.74) is 12.6. The van der Waals surface area contributed by atoms with E-state index < -0.39 is 6.03 Å². The first-order chi connectivity index (χ1) is 8.13. The van der Waals surface area contributed by atoms with Crippen molar-refractivity contribution in [1.29, 1.82) is 0 Å². The van der Waals surface area contributed by atoms with E-state index in [0.29, 0.717) is 17.8 Å². The summed E-state index contributed by atoms with van der Waals surface area (Å²) in [5.74, 6) is 0. The molecule has 2 amide bonds. The molecule has 5 nitrogen and oxygen atoms in total. The number of rotatable bonds is 3. The number of urea groups is 1. The zero-order valence-corrected chi connectivity index (χ0v) is 9.65. The molecule has 0 spiro atoms. The number of amides is 2. The Kier molecular flexibility index (Phi) is 3.49. The summed E-state index contributed by atoms with van der Waals surface area (Å²) in [6.07, 6.45) is 3.15. The van der Waals surface area contributed by atoms with E-state index in [0.717, 1.165) is 24.9 Å². The lowest BCUT2D eigenvalue weighted by Crippen LogP contribution is -2.21. The first-order valence-corrected chi connectivity index (χ1v) is 5.82. The van der Waals surface area contributed by atoms with E-state index in [9.17, 15) is 4.79 Å². The number of anilines is 2. The summed E-state index contributed by atoms with van der Waals surface area (Å²) in [6.45, 7) is 0. The molecule has 17 heavy (non-hydrogen) atoms. The van der Waals surface area contributed by atoms with E-state index in [2.05, 4.69) is 10.6 Å². The van der Waals surface area contributed by atoms with Crippen LogP contribution < -0.4 is 22.1 Å². The Balaban J connectivity index is 1.98. The molecule has 2 atom stereocenters. The van der Waals surface area contributed by atoms with Crippen LogP contribution in [0.15, 0.2) is 24.3 Å². The second-order valence-corrected chi connectivity index (χ2v) is 4.48. The van der Waals surface area contributed by atoms with Gasteiger partial charge >= 0.3 is 6.03 Å². The van der Waals surface area contributed by atoms with E-state index in [1.165, 1.54) is 0 Å². The van der Waals surface area contributed by atoms with Gasteiger partial charge in [0, 0.05) is 23.5 Å². The van der Waals surface area contributed by atoms with Crippen LogP contribution in [0, 0.1) is 0 Å². The van der Waals surface area contributed by atoms with Gasteiger partial charge in [0.25, 0.3) is 0 Å². The quantitative estimate of drug-likeness (QED) is 0.638. The van der Waals surface area contributed by atoms with Gasteiger partial charge in [0.1, 0.15) is 0 Å². The molecule has 1 fully saturated rings. The number of nitrogens with two attached hydrogens (primary N) is 2. The van der Waals surface area contributed by atoms with Crippen LogP contribution in [0.1, 0.15) is 19.3 Å². The van der Waals surface area contributed by atoms with Crippen molar-refractivity contribution in [2.24, 2.45) is 11.5 Å². The molecule has 2 unspecified atom stereocenters. The van der Waals surface area contributed by atoms with Crippen molar-refractivity contribution in [1.82, 2.24) is 0 Å². The lowest BCUT2D eigenvalue weighted by molar-refractivity contribution is 0.259. The molecule has 0 bridgehead atoms. The number of hydrogen-bond acceptors (Lipinski definition) is 3. The molecule has 1 aliphatic carbocycles. The molecule has 6 N–H and O–H groups in total. The molecule has 0 heterocycles. The summed E-state index contributed by atoms with van der Waals surface area (Å²) in [5, 5.41) is 5.97. The molecule has 0 aliphatic heterocycles. The molecular formula is C12H18N4O. The Morgan fingerprint density at radius 2 is 2.06 bits per heavy atom. The topological polar surface area (TPSA) is 93.2 Å². The average molecular weight is 234 g/mol. The SMILES string of the molecule is NC(=O)Nc1cccc(NC2CCC(N)C2)c1. The van der Waals surface area contributed by atoms with Crippen LogP contribution in [0.2, 0.25) is 0 Å². The zero-order chi connectivity index (χ0) is 12.3. The maximum Gasteiger partial charge on any atom is 0.316 e. The molecular weight excluding hydrogens is 216 g/mol. The van der Waals surface area contributed by atoms with Crippen molar-refractivity contribution in [3.05, 3.63) is 24.3 Å². The first-order valence-electron chi connectivity index (χ1n) is 5.82. The Labute approximate surface area is 101 Å². The Bertz CT molecular complexity index is 407. The van der Waals surface area contributed by atoms with Gasteiger partial charge in [0.05, 0.1) is 0 Å². The summed E-state index contributed by atoms with van der Waals surface area (Å²) < 4.78 is 0. The van der Waals surface area contributed by atoms with Gasteiger partial charge in [-0.15, -0.1) is 0 Å². The molecule has 0 aromatic heterocycles. The smallest absolute Gasteiger partial charge is 0.316 e. The van der Waals surface area contributed by atoms with Crippen molar-refractivity contribution >= 4 is 17.4 Å². The molecule has 1 saturated carbocycles. The van der Waals surface area contributed by atoms with Crippen molar-refractivity contribution < 1.29 is 4.79 Å². The fraction of sp³-hybridized carbons (Fsp3) is 0.417. The van der Waals surface area contributed by atoms with Gasteiger partial charge in [0.2, 0.25) is 0 Å². The van der Waals surface area contributed by atoms with Crippen LogP contribution in [-0.2, 0) is 0 Å². The summed E-state index contributed by atoms with van der Waals surface area (Å²) >= 11 is 0. The monoisotopic (exact) mass is 234 g/mol. The van der Waals surface area contributed by atoms with Crippen molar-refractivity contribution in [2.75, 3.05) is 10.6 Å². The van der Waals surface area contributed by atoms with Crippen LogP contribution in [0.3, 0.4) is 0 Å². The Hall–Kier alpha value is -1.75. The third kappa shape index (κ3) is 3.35.